The van der Waals surface area contributed by atoms with Crippen LogP contribution in [0.5, 0.6) is 0 Å². The summed E-state index contributed by atoms with van der Waals surface area (Å²) in [4.78, 5) is 0. The molecule has 1 heterocycles. The van der Waals surface area contributed by atoms with E-state index in [1.165, 1.54) is 0 Å². The van der Waals surface area contributed by atoms with E-state index in [0.29, 0.717) is 6.54 Å². The van der Waals surface area contributed by atoms with Crippen LogP contribution < -0.4 is 4.31 Å². The van der Waals surface area contributed by atoms with E-state index in [4.69, 9.17) is 0 Å². The molecule has 1 saturated heterocycles. The zero-order valence-electron chi connectivity index (χ0n) is 9.73. The maximum atomic E-state index is 11.9. The summed E-state index contributed by atoms with van der Waals surface area (Å²) in [5.74, 6) is 0.282. The van der Waals surface area contributed by atoms with E-state index in [1.807, 2.05) is 25.1 Å². The standard InChI is InChI=1S/C12H17NO2S/c1-3-11-7-4-6-10(2)12(11)13-8-5-9-16(13,14)15/h4,6-7H,3,5,8-9H2,1-2H3. The molecule has 3 nitrogen and oxygen atoms in total. The monoisotopic (exact) mass is 239 g/mol. The highest BCUT2D eigenvalue weighted by Gasteiger charge is 2.30. The molecule has 0 saturated carbocycles. The van der Waals surface area contributed by atoms with Crippen LogP contribution in [0.2, 0.25) is 0 Å². The van der Waals surface area contributed by atoms with Crippen molar-refractivity contribution in [3.63, 3.8) is 0 Å². The average molecular weight is 239 g/mol. The van der Waals surface area contributed by atoms with Gasteiger partial charge in [0.2, 0.25) is 10.0 Å². The molecule has 0 amide bonds. The molecule has 1 aliphatic rings. The molecule has 0 unspecified atom stereocenters. The van der Waals surface area contributed by atoms with Crippen LogP contribution in [0.15, 0.2) is 18.2 Å². The van der Waals surface area contributed by atoms with E-state index in [2.05, 4.69) is 6.92 Å². The lowest BCUT2D eigenvalue weighted by Crippen LogP contribution is -2.26. The molecule has 2 rings (SSSR count). The number of hydrogen-bond acceptors (Lipinski definition) is 2. The highest BCUT2D eigenvalue weighted by Crippen LogP contribution is 2.31. The van der Waals surface area contributed by atoms with Crippen molar-refractivity contribution in [1.82, 2.24) is 0 Å². The van der Waals surface area contributed by atoms with Gasteiger partial charge < -0.3 is 0 Å². The fourth-order valence-electron chi connectivity index (χ4n) is 2.25. The van der Waals surface area contributed by atoms with Crippen LogP contribution in [0.1, 0.15) is 24.5 Å². The van der Waals surface area contributed by atoms with Gasteiger partial charge in [-0.05, 0) is 30.9 Å². The number of nitrogens with zero attached hydrogens (tertiary/aromatic N) is 1. The lowest BCUT2D eigenvalue weighted by Gasteiger charge is -2.22. The third kappa shape index (κ3) is 1.82. The number of rotatable bonds is 2. The highest BCUT2D eigenvalue weighted by molar-refractivity contribution is 7.93. The van der Waals surface area contributed by atoms with Crippen molar-refractivity contribution in [1.29, 1.82) is 0 Å². The minimum atomic E-state index is -3.06. The number of aryl methyl sites for hydroxylation is 2. The normalized spacial score (nSPS) is 19.0. The fourth-order valence-corrected chi connectivity index (χ4v) is 3.91. The summed E-state index contributed by atoms with van der Waals surface area (Å²) in [6.45, 7) is 4.66. The van der Waals surface area contributed by atoms with Crippen LogP contribution in [0.4, 0.5) is 5.69 Å². The molecule has 0 spiro atoms. The molecule has 1 aliphatic heterocycles. The molecule has 4 heteroatoms. The van der Waals surface area contributed by atoms with Crippen LogP contribution in [-0.4, -0.2) is 20.7 Å². The van der Waals surface area contributed by atoms with Crippen LogP contribution in [0.3, 0.4) is 0 Å². The summed E-state index contributed by atoms with van der Waals surface area (Å²) in [6.07, 6.45) is 1.60. The molecule has 1 aromatic carbocycles. The topological polar surface area (TPSA) is 37.4 Å². The molecule has 1 aromatic rings. The number of benzene rings is 1. The number of para-hydroxylation sites is 1. The zero-order valence-corrected chi connectivity index (χ0v) is 10.5. The molecule has 0 aromatic heterocycles. The van der Waals surface area contributed by atoms with Crippen molar-refractivity contribution in [2.45, 2.75) is 26.7 Å². The van der Waals surface area contributed by atoms with Crippen LogP contribution >= 0.6 is 0 Å². The quantitative estimate of drug-likeness (QED) is 0.792. The minimum absolute atomic E-state index is 0.282. The maximum Gasteiger partial charge on any atom is 0.235 e. The van der Waals surface area contributed by atoms with Gasteiger partial charge in [-0.1, -0.05) is 25.1 Å². The first-order valence-corrected chi connectivity index (χ1v) is 7.26. The Hall–Kier alpha value is -1.03. The SMILES string of the molecule is CCc1cccc(C)c1N1CCCS1(=O)=O. The molecule has 0 radical (unpaired) electrons. The third-order valence-electron chi connectivity index (χ3n) is 3.05. The maximum absolute atomic E-state index is 11.9. The smallest absolute Gasteiger partial charge is 0.235 e. The van der Waals surface area contributed by atoms with Crippen molar-refractivity contribution in [2.75, 3.05) is 16.6 Å². The molecular weight excluding hydrogens is 222 g/mol. The van der Waals surface area contributed by atoms with E-state index in [0.717, 1.165) is 29.7 Å². The third-order valence-corrected chi connectivity index (χ3v) is 4.89. The molecule has 1 fully saturated rings. The Kier molecular flexibility index (Phi) is 2.93. The zero-order chi connectivity index (χ0) is 11.8. The van der Waals surface area contributed by atoms with E-state index in [1.54, 1.807) is 4.31 Å². The molecule has 0 N–H and O–H groups in total. The first kappa shape index (κ1) is 11.5. The minimum Gasteiger partial charge on any atom is -0.270 e. The van der Waals surface area contributed by atoms with E-state index < -0.39 is 10.0 Å². The Bertz CT molecular complexity index is 494. The summed E-state index contributed by atoms with van der Waals surface area (Å²) in [5.41, 5.74) is 3.07. The average Bonchev–Trinajstić information content (AvgIpc) is 2.57. The molecule has 0 aliphatic carbocycles. The molecule has 16 heavy (non-hydrogen) atoms. The van der Waals surface area contributed by atoms with Gasteiger partial charge >= 0.3 is 0 Å². The second-order valence-electron chi connectivity index (χ2n) is 4.18. The van der Waals surface area contributed by atoms with E-state index in [-0.39, 0.29) is 5.75 Å². The van der Waals surface area contributed by atoms with Crippen molar-refractivity contribution in [3.05, 3.63) is 29.3 Å². The Morgan fingerprint density at radius 1 is 1.38 bits per heavy atom. The van der Waals surface area contributed by atoms with Crippen molar-refractivity contribution >= 4 is 15.7 Å². The van der Waals surface area contributed by atoms with Gasteiger partial charge in [0.25, 0.3) is 0 Å². The second kappa shape index (κ2) is 4.09. The van der Waals surface area contributed by atoms with Crippen LogP contribution in [-0.2, 0) is 16.4 Å². The molecular formula is C12H17NO2S. The van der Waals surface area contributed by atoms with Crippen LogP contribution in [0, 0.1) is 6.92 Å². The molecule has 0 atom stereocenters. The fraction of sp³-hybridized carbons (Fsp3) is 0.500. The summed E-state index contributed by atoms with van der Waals surface area (Å²) < 4.78 is 25.4. The predicted molar refractivity (Wildman–Crippen MR) is 66.3 cm³/mol. The number of sulfonamides is 1. The van der Waals surface area contributed by atoms with Gasteiger partial charge in [-0.15, -0.1) is 0 Å². The lowest BCUT2D eigenvalue weighted by molar-refractivity contribution is 0.599. The van der Waals surface area contributed by atoms with Gasteiger partial charge in [0.1, 0.15) is 0 Å². The first-order chi connectivity index (χ1) is 7.56. The van der Waals surface area contributed by atoms with Gasteiger partial charge in [-0.3, -0.25) is 4.31 Å². The van der Waals surface area contributed by atoms with Gasteiger partial charge in [0.15, 0.2) is 0 Å². The summed E-state index contributed by atoms with van der Waals surface area (Å²) in [5, 5.41) is 0. The van der Waals surface area contributed by atoms with Gasteiger partial charge in [-0.2, -0.15) is 0 Å². The second-order valence-corrected chi connectivity index (χ2v) is 6.19. The summed E-state index contributed by atoms with van der Waals surface area (Å²) >= 11 is 0. The Morgan fingerprint density at radius 2 is 2.12 bits per heavy atom. The number of hydrogen-bond donors (Lipinski definition) is 0. The highest BCUT2D eigenvalue weighted by atomic mass is 32.2. The lowest BCUT2D eigenvalue weighted by atomic mass is 10.1. The Balaban J connectivity index is 2.55. The predicted octanol–water partition coefficient (Wildman–Crippen LogP) is 2.10. The van der Waals surface area contributed by atoms with Gasteiger partial charge in [0, 0.05) is 6.54 Å². The molecule has 88 valence electrons. The van der Waals surface area contributed by atoms with Crippen molar-refractivity contribution < 1.29 is 8.42 Å². The number of anilines is 1. The van der Waals surface area contributed by atoms with Crippen molar-refractivity contribution in [3.8, 4) is 0 Å². The van der Waals surface area contributed by atoms with Crippen LogP contribution in [0.25, 0.3) is 0 Å². The summed E-state index contributed by atoms with van der Waals surface area (Å²) in [7, 11) is -3.06. The van der Waals surface area contributed by atoms with Gasteiger partial charge in [0.05, 0.1) is 11.4 Å². The first-order valence-electron chi connectivity index (χ1n) is 5.65. The molecule has 0 bridgehead atoms. The Labute approximate surface area is 97.1 Å². The van der Waals surface area contributed by atoms with Crippen molar-refractivity contribution in [2.24, 2.45) is 0 Å². The van der Waals surface area contributed by atoms with E-state index in [9.17, 15) is 8.42 Å². The summed E-state index contributed by atoms with van der Waals surface area (Å²) in [6, 6.07) is 5.97. The largest absolute Gasteiger partial charge is 0.270 e. The van der Waals surface area contributed by atoms with Gasteiger partial charge in [-0.25, -0.2) is 8.42 Å². The van der Waals surface area contributed by atoms with E-state index >= 15 is 0 Å². The Morgan fingerprint density at radius 3 is 2.69 bits per heavy atom.